The van der Waals surface area contributed by atoms with Crippen molar-refractivity contribution in [3.8, 4) is 5.75 Å². The zero-order valence-corrected chi connectivity index (χ0v) is 11.9. The largest absolute Gasteiger partial charge is 0.474 e. The first-order valence-electron chi connectivity index (χ1n) is 6.83. The third-order valence-corrected chi connectivity index (χ3v) is 2.96. The van der Waals surface area contributed by atoms with E-state index in [0.29, 0.717) is 5.75 Å². The molecule has 0 saturated carbocycles. The van der Waals surface area contributed by atoms with Gasteiger partial charge in [0, 0.05) is 6.54 Å². The third kappa shape index (κ3) is 5.88. The maximum atomic E-state index is 13.1. The van der Waals surface area contributed by atoms with Crippen molar-refractivity contribution in [2.24, 2.45) is 0 Å². The molecule has 1 aromatic carbocycles. The van der Waals surface area contributed by atoms with Gasteiger partial charge >= 0.3 is 0 Å². The molecule has 0 fully saturated rings. The maximum absolute atomic E-state index is 13.1. The number of likely N-dealkylation sites (N-methyl/N-ethyl adjacent to an activating group) is 1. The highest BCUT2D eigenvalue weighted by Crippen LogP contribution is 2.17. The van der Waals surface area contributed by atoms with Crippen LogP contribution in [0.2, 0.25) is 0 Å². The molecule has 105 valence electrons. The molecule has 1 unspecified atom stereocenters. The van der Waals surface area contributed by atoms with Crippen LogP contribution in [0.5, 0.6) is 5.75 Å². The van der Waals surface area contributed by atoms with Crippen molar-refractivity contribution in [2.45, 2.75) is 38.8 Å². The molecule has 0 aromatic heterocycles. The van der Waals surface area contributed by atoms with E-state index in [-0.39, 0.29) is 6.23 Å². The van der Waals surface area contributed by atoms with E-state index in [0.717, 1.165) is 19.4 Å². The van der Waals surface area contributed by atoms with Crippen LogP contribution in [0.1, 0.15) is 32.6 Å². The molecular formula is C16H23FNO. The van der Waals surface area contributed by atoms with Gasteiger partial charge in [-0.25, -0.2) is 4.39 Å². The van der Waals surface area contributed by atoms with Crippen molar-refractivity contribution < 1.29 is 9.13 Å². The smallest absolute Gasteiger partial charge is 0.152 e. The zero-order valence-electron chi connectivity index (χ0n) is 11.9. The van der Waals surface area contributed by atoms with Crippen LogP contribution in [0, 0.1) is 11.9 Å². The predicted molar refractivity (Wildman–Crippen MR) is 76.6 cm³/mol. The average Bonchev–Trinajstić information content (AvgIpc) is 2.38. The highest BCUT2D eigenvalue weighted by Gasteiger charge is 2.15. The Morgan fingerprint density at radius 1 is 1.47 bits per heavy atom. The minimum absolute atomic E-state index is 0.0670. The first-order chi connectivity index (χ1) is 9.17. The van der Waals surface area contributed by atoms with Crippen LogP contribution < -0.4 is 4.74 Å². The summed E-state index contributed by atoms with van der Waals surface area (Å²) in [7, 11) is 1.98. The zero-order chi connectivity index (χ0) is 14.1. The summed E-state index contributed by atoms with van der Waals surface area (Å²) in [5.41, 5.74) is 0. The van der Waals surface area contributed by atoms with E-state index in [1.807, 2.05) is 13.1 Å². The third-order valence-electron chi connectivity index (χ3n) is 2.96. The molecule has 0 aliphatic heterocycles. The summed E-state index contributed by atoms with van der Waals surface area (Å²) < 4.78 is 18.9. The van der Waals surface area contributed by atoms with Crippen molar-refractivity contribution in [3.05, 3.63) is 42.7 Å². The number of unbranched alkanes of at least 4 members (excludes halogenated alkanes) is 2. The lowest BCUT2D eigenvalue weighted by molar-refractivity contribution is 0.0436. The van der Waals surface area contributed by atoms with Crippen LogP contribution >= 0.6 is 0 Å². The van der Waals surface area contributed by atoms with Gasteiger partial charge in [-0.2, -0.15) is 0 Å². The molecule has 0 aliphatic rings. The first-order valence-corrected chi connectivity index (χ1v) is 6.83. The fourth-order valence-electron chi connectivity index (χ4n) is 1.90. The van der Waals surface area contributed by atoms with Crippen molar-refractivity contribution in [2.75, 3.05) is 13.6 Å². The van der Waals surface area contributed by atoms with Crippen molar-refractivity contribution >= 4 is 0 Å². The lowest BCUT2D eigenvalue weighted by Crippen LogP contribution is -2.36. The average molecular weight is 264 g/mol. The van der Waals surface area contributed by atoms with E-state index in [2.05, 4.69) is 24.5 Å². The number of nitrogens with zero attached hydrogens (tertiary/aromatic N) is 1. The monoisotopic (exact) mass is 264 g/mol. The Labute approximate surface area is 115 Å². The molecule has 3 heteroatoms. The molecule has 1 atom stereocenters. The topological polar surface area (TPSA) is 12.5 Å². The molecule has 0 spiro atoms. The second kappa shape index (κ2) is 8.70. The second-order valence-electron chi connectivity index (χ2n) is 4.66. The first kappa shape index (κ1) is 15.7. The molecule has 1 radical (unpaired) electrons. The van der Waals surface area contributed by atoms with Gasteiger partial charge in [0.1, 0.15) is 11.6 Å². The van der Waals surface area contributed by atoms with Crippen molar-refractivity contribution in [3.63, 3.8) is 0 Å². The SMILES string of the molecule is C=CCN(C)C(CCCCC)Oc1[c]c(F)ccc1. The van der Waals surface area contributed by atoms with Gasteiger partial charge in [-0.05, 0) is 32.0 Å². The minimum Gasteiger partial charge on any atom is -0.474 e. The van der Waals surface area contributed by atoms with Crippen LogP contribution in [0.4, 0.5) is 4.39 Å². The molecule has 0 amide bonds. The highest BCUT2D eigenvalue weighted by molar-refractivity contribution is 5.20. The number of benzene rings is 1. The molecule has 0 N–H and O–H groups in total. The fourth-order valence-corrected chi connectivity index (χ4v) is 1.90. The van der Waals surface area contributed by atoms with Gasteiger partial charge in [-0.1, -0.05) is 31.9 Å². The van der Waals surface area contributed by atoms with E-state index < -0.39 is 5.82 Å². The molecule has 0 heterocycles. The Balaban J connectivity index is 2.64. The van der Waals surface area contributed by atoms with Crippen LogP contribution in [0.25, 0.3) is 0 Å². The van der Waals surface area contributed by atoms with E-state index >= 15 is 0 Å². The Morgan fingerprint density at radius 3 is 2.89 bits per heavy atom. The highest BCUT2D eigenvalue weighted by atomic mass is 19.1. The van der Waals surface area contributed by atoms with Gasteiger partial charge < -0.3 is 4.74 Å². The molecule has 0 aliphatic carbocycles. The fraction of sp³-hybridized carbons (Fsp3) is 0.500. The lowest BCUT2D eigenvalue weighted by Gasteiger charge is -2.27. The number of ether oxygens (including phenoxy) is 1. The molecule has 0 saturated heterocycles. The summed E-state index contributed by atoms with van der Waals surface area (Å²) in [5.74, 6) is 0.0635. The summed E-state index contributed by atoms with van der Waals surface area (Å²) in [4.78, 5) is 2.07. The Hall–Kier alpha value is -1.35. The van der Waals surface area contributed by atoms with Crippen LogP contribution in [0.15, 0.2) is 30.9 Å². The molecule has 1 rings (SSSR count). The Bertz CT molecular complexity index is 381. The van der Waals surface area contributed by atoms with Gasteiger partial charge in [-0.3, -0.25) is 4.90 Å². The van der Waals surface area contributed by atoms with Crippen molar-refractivity contribution in [1.82, 2.24) is 4.90 Å². The van der Waals surface area contributed by atoms with Gasteiger partial charge in [-0.15, -0.1) is 6.58 Å². The summed E-state index contributed by atoms with van der Waals surface area (Å²) in [6.45, 7) is 6.65. The molecule has 19 heavy (non-hydrogen) atoms. The van der Waals surface area contributed by atoms with Gasteiger partial charge in [0.05, 0.1) is 6.07 Å². The molecule has 1 aromatic rings. The molecular weight excluding hydrogens is 241 g/mol. The normalized spacial score (nSPS) is 12.4. The van der Waals surface area contributed by atoms with Crippen LogP contribution in [-0.2, 0) is 0 Å². The number of halogens is 1. The maximum Gasteiger partial charge on any atom is 0.152 e. The molecule has 2 nitrogen and oxygen atoms in total. The summed E-state index contributed by atoms with van der Waals surface area (Å²) >= 11 is 0. The van der Waals surface area contributed by atoms with E-state index in [9.17, 15) is 4.39 Å². The van der Waals surface area contributed by atoms with Crippen molar-refractivity contribution in [1.29, 1.82) is 0 Å². The van der Waals surface area contributed by atoms with Gasteiger partial charge in [0.2, 0.25) is 0 Å². The molecule has 0 bridgehead atoms. The summed E-state index contributed by atoms with van der Waals surface area (Å²) in [6, 6.07) is 7.32. The van der Waals surface area contributed by atoms with E-state index in [1.165, 1.54) is 18.9 Å². The summed E-state index contributed by atoms with van der Waals surface area (Å²) in [5, 5.41) is 0. The quantitative estimate of drug-likeness (QED) is 0.379. The Morgan fingerprint density at radius 2 is 2.26 bits per heavy atom. The Kier molecular flexibility index (Phi) is 7.19. The summed E-state index contributed by atoms with van der Waals surface area (Å²) in [6.07, 6.45) is 6.13. The van der Waals surface area contributed by atoms with Crippen LogP contribution in [0.3, 0.4) is 0 Å². The van der Waals surface area contributed by atoms with Gasteiger partial charge in [0.25, 0.3) is 0 Å². The van der Waals surface area contributed by atoms with E-state index in [1.54, 1.807) is 12.1 Å². The van der Waals surface area contributed by atoms with Gasteiger partial charge in [0.15, 0.2) is 6.23 Å². The lowest BCUT2D eigenvalue weighted by atomic mass is 10.2. The minimum atomic E-state index is -0.392. The standard InChI is InChI=1S/C16H23FNO/c1-4-6-7-11-16(18(3)12-5-2)19-15-10-8-9-14(17)13-15/h5,8-10,16H,2,4,6-7,11-12H2,1,3H3. The number of hydrogen-bond donors (Lipinski definition) is 0. The second-order valence-corrected chi connectivity index (χ2v) is 4.66. The van der Waals surface area contributed by atoms with Crippen LogP contribution in [-0.4, -0.2) is 24.7 Å². The van der Waals surface area contributed by atoms with E-state index in [4.69, 9.17) is 4.74 Å². The number of hydrogen-bond acceptors (Lipinski definition) is 2. The predicted octanol–water partition coefficient (Wildman–Crippen LogP) is 4.03. The number of rotatable bonds is 9.